The number of nitrogens with one attached hydrogen (secondary N) is 1. The van der Waals surface area contributed by atoms with Crippen LogP contribution < -0.4 is 5.32 Å². The van der Waals surface area contributed by atoms with Crippen molar-refractivity contribution in [1.29, 1.82) is 0 Å². The molecule has 1 N–H and O–H groups in total. The van der Waals surface area contributed by atoms with Crippen molar-refractivity contribution in [1.82, 2.24) is 10.2 Å². The van der Waals surface area contributed by atoms with Crippen LogP contribution in [0.5, 0.6) is 0 Å². The standard InChI is InChI=1S/C18H25ClN2O/c19-16-5-3-4-15(12-16)18(22)20-13-14-8-10-21(11-9-14)17-6-1-2-7-17/h3-5,12,14,17H,1-2,6-11,13H2,(H,20,22). The number of carbonyl (C=O) groups is 1. The molecule has 1 amide bonds. The zero-order chi connectivity index (χ0) is 15.4. The van der Waals surface area contributed by atoms with Gasteiger partial charge in [0.25, 0.3) is 5.91 Å². The van der Waals surface area contributed by atoms with Crippen molar-refractivity contribution in [3.8, 4) is 0 Å². The van der Waals surface area contributed by atoms with E-state index < -0.39 is 0 Å². The molecule has 0 atom stereocenters. The minimum Gasteiger partial charge on any atom is -0.352 e. The summed E-state index contributed by atoms with van der Waals surface area (Å²) >= 11 is 5.93. The third-order valence-corrected chi connectivity index (χ3v) is 5.36. The molecule has 1 aromatic carbocycles. The maximum atomic E-state index is 12.1. The highest BCUT2D eigenvalue weighted by Gasteiger charge is 2.27. The Kier molecular flexibility index (Phi) is 5.37. The van der Waals surface area contributed by atoms with Gasteiger partial charge in [0.05, 0.1) is 0 Å². The summed E-state index contributed by atoms with van der Waals surface area (Å²) in [4.78, 5) is 14.8. The Balaban J connectivity index is 1.42. The van der Waals surface area contributed by atoms with E-state index in [0.29, 0.717) is 16.5 Å². The fourth-order valence-corrected chi connectivity index (χ4v) is 3.95. The van der Waals surface area contributed by atoms with Crippen molar-refractivity contribution in [2.24, 2.45) is 5.92 Å². The molecule has 2 aliphatic rings. The van der Waals surface area contributed by atoms with E-state index in [2.05, 4.69) is 10.2 Å². The molecule has 1 aliphatic carbocycles. The molecule has 3 nitrogen and oxygen atoms in total. The number of hydrogen-bond acceptors (Lipinski definition) is 2. The maximum Gasteiger partial charge on any atom is 0.251 e. The Labute approximate surface area is 138 Å². The molecule has 3 rings (SSSR count). The first-order valence-corrected chi connectivity index (χ1v) is 8.88. The van der Waals surface area contributed by atoms with E-state index in [0.717, 1.165) is 12.6 Å². The zero-order valence-corrected chi connectivity index (χ0v) is 13.8. The Bertz CT molecular complexity index is 506. The van der Waals surface area contributed by atoms with Crippen LogP contribution in [-0.4, -0.2) is 36.5 Å². The number of likely N-dealkylation sites (tertiary alicyclic amines) is 1. The van der Waals surface area contributed by atoms with Crippen LogP contribution in [0.2, 0.25) is 5.02 Å². The minimum atomic E-state index is -0.0132. The smallest absolute Gasteiger partial charge is 0.251 e. The monoisotopic (exact) mass is 320 g/mol. The molecule has 2 fully saturated rings. The van der Waals surface area contributed by atoms with E-state index in [1.54, 1.807) is 12.1 Å². The lowest BCUT2D eigenvalue weighted by Crippen LogP contribution is -2.42. The lowest BCUT2D eigenvalue weighted by atomic mass is 9.95. The second kappa shape index (κ2) is 7.47. The van der Waals surface area contributed by atoms with Gasteiger partial charge in [-0.15, -0.1) is 0 Å². The lowest BCUT2D eigenvalue weighted by molar-refractivity contribution is 0.0924. The van der Waals surface area contributed by atoms with Crippen LogP contribution in [0.3, 0.4) is 0 Å². The number of amides is 1. The second-order valence-corrected chi connectivity index (χ2v) is 7.07. The molecule has 0 radical (unpaired) electrons. The molecule has 1 aliphatic heterocycles. The van der Waals surface area contributed by atoms with Gasteiger partial charge in [0.2, 0.25) is 0 Å². The summed E-state index contributed by atoms with van der Waals surface area (Å²) in [6.45, 7) is 3.18. The van der Waals surface area contributed by atoms with Gasteiger partial charge in [-0.1, -0.05) is 30.5 Å². The maximum absolute atomic E-state index is 12.1. The average Bonchev–Trinajstić information content (AvgIpc) is 3.07. The van der Waals surface area contributed by atoms with E-state index in [1.165, 1.54) is 51.6 Å². The van der Waals surface area contributed by atoms with E-state index in [-0.39, 0.29) is 5.91 Å². The van der Waals surface area contributed by atoms with Crippen LogP contribution in [0.15, 0.2) is 24.3 Å². The Hall–Kier alpha value is -1.06. The number of halogens is 1. The van der Waals surface area contributed by atoms with Gasteiger partial charge in [0.1, 0.15) is 0 Å². The molecule has 0 unspecified atom stereocenters. The summed E-state index contributed by atoms with van der Waals surface area (Å²) in [6, 6.07) is 7.97. The van der Waals surface area contributed by atoms with Gasteiger partial charge in [-0.3, -0.25) is 4.79 Å². The quantitative estimate of drug-likeness (QED) is 0.917. The minimum absolute atomic E-state index is 0.0132. The summed E-state index contributed by atoms with van der Waals surface area (Å²) in [5, 5.41) is 3.67. The van der Waals surface area contributed by atoms with Gasteiger partial charge in [0.15, 0.2) is 0 Å². The van der Waals surface area contributed by atoms with Gasteiger partial charge in [0, 0.05) is 23.2 Å². The molecule has 0 spiro atoms. The highest BCUT2D eigenvalue weighted by atomic mass is 35.5. The van der Waals surface area contributed by atoms with Crippen LogP contribution in [0, 0.1) is 5.92 Å². The van der Waals surface area contributed by atoms with Crippen molar-refractivity contribution in [2.75, 3.05) is 19.6 Å². The molecule has 0 bridgehead atoms. The number of benzene rings is 1. The summed E-state index contributed by atoms with van der Waals surface area (Å²) < 4.78 is 0. The molecule has 1 heterocycles. The number of carbonyl (C=O) groups excluding carboxylic acids is 1. The third-order valence-electron chi connectivity index (χ3n) is 5.13. The summed E-state index contributed by atoms with van der Waals surface area (Å²) in [5.41, 5.74) is 0.649. The van der Waals surface area contributed by atoms with Gasteiger partial charge in [-0.2, -0.15) is 0 Å². The van der Waals surface area contributed by atoms with Crippen molar-refractivity contribution >= 4 is 17.5 Å². The number of nitrogens with zero attached hydrogens (tertiary/aromatic N) is 1. The zero-order valence-electron chi connectivity index (χ0n) is 13.1. The lowest BCUT2D eigenvalue weighted by Gasteiger charge is -2.36. The summed E-state index contributed by atoms with van der Waals surface area (Å²) in [6.07, 6.45) is 7.98. The Morgan fingerprint density at radius 3 is 2.59 bits per heavy atom. The second-order valence-electron chi connectivity index (χ2n) is 6.64. The van der Waals surface area contributed by atoms with Crippen LogP contribution in [0.1, 0.15) is 48.9 Å². The number of rotatable bonds is 4. The van der Waals surface area contributed by atoms with E-state index >= 15 is 0 Å². The van der Waals surface area contributed by atoms with Gasteiger partial charge >= 0.3 is 0 Å². The third kappa shape index (κ3) is 4.02. The predicted octanol–water partition coefficient (Wildman–Crippen LogP) is 3.72. The van der Waals surface area contributed by atoms with E-state index in [1.807, 2.05) is 12.1 Å². The highest BCUT2D eigenvalue weighted by molar-refractivity contribution is 6.30. The number of hydrogen-bond donors (Lipinski definition) is 1. The normalized spacial score (nSPS) is 21.1. The molecule has 1 saturated carbocycles. The van der Waals surface area contributed by atoms with Crippen LogP contribution in [-0.2, 0) is 0 Å². The van der Waals surface area contributed by atoms with Crippen LogP contribution in [0.4, 0.5) is 0 Å². The molecule has 1 aromatic rings. The molecule has 0 aromatic heterocycles. The van der Waals surface area contributed by atoms with E-state index in [9.17, 15) is 4.79 Å². The highest BCUT2D eigenvalue weighted by Crippen LogP contribution is 2.27. The van der Waals surface area contributed by atoms with Gasteiger partial charge in [-0.25, -0.2) is 0 Å². The van der Waals surface area contributed by atoms with Crippen LogP contribution in [0.25, 0.3) is 0 Å². The average molecular weight is 321 g/mol. The van der Waals surface area contributed by atoms with Gasteiger partial charge in [-0.05, 0) is 62.9 Å². The fraction of sp³-hybridized carbons (Fsp3) is 0.611. The van der Waals surface area contributed by atoms with Crippen molar-refractivity contribution < 1.29 is 4.79 Å². The topological polar surface area (TPSA) is 32.3 Å². The SMILES string of the molecule is O=C(NCC1CCN(C2CCCC2)CC1)c1cccc(Cl)c1. The van der Waals surface area contributed by atoms with Gasteiger partial charge < -0.3 is 10.2 Å². The Morgan fingerprint density at radius 1 is 1.18 bits per heavy atom. The van der Waals surface area contributed by atoms with Crippen LogP contribution >= 0.6 is 11.6 Å². The van der Waals surface area contributed by atoms with Crippen molar-refractivity contribution in [3.63, 3.8) is 0 Å². The largest absolute Gasteiger partial charge is 0.352 e. The summed E-state index contributed by atoms with van der Waals surface area (Å²) in [7, 11) is 0. The van der Waals surface area contributed by atoms with Crippen molar-refractivity contribution in [3.05, 3.63) is 34.9 Å². The predicted molar refractivity (Wildman–Crippen MR) is 90.3 cm³/mol. The fourth-order valence-electron chi connectivity index (χ4n) is 3.76. The first kappa shape index (κ1) is 15.8. The van der Waals surface area contributed by atoms with E-state index in [4.69, 9.17) is 11.6 Å². The number of piperidine rings is 1. The molecule has 4 heteroatoms. The molecular weight excluding hydrogens is 296 g/mol. The molecular formula is C18H25ClN2O. The molecule has 1 saturated heterocycles. The van der Waals surface area contributed by atoms with Crippen molar-refractivity contribution in [2.45, 2.75) is 44.6 Å². The Morgan fingerprint density at radius 2 is 1.91 bits per heavy atom. The summed E-state index contributed by atoms with van der Waals surface area (Å²) in [5.74, 6) is 0.599. The molecule has 22 heavy (non-hydrogen) atoms. The molecule has 120 valence electrons. The first-order valence-electron chi connectivity index (χ1n) is 8.50. The first-order chi connectivity index (χ1) is 10.7.